The molecule has 4 nitrogen and oxygen atoms in total. The van der Waals surface area contributed by atoms with Crippen molar-refractivity contribution in [1.82, 2.24) is 0 Å². The predicted octanol–water partition coefficient (Wildman–Crippen LogP) is 30.6. The third kappa shape index (κ3) is 125. The highest BCUT2D eigenvalue weighted by Crippen LogP contribution is 2.39. The first-order chi connectivity index (χ1) is 49.8. The topological polar surface area (TPSA) is 53.9 Å². The SMILES string of the molecule is C/C=C\C(C)=C/C.C/C=C\C=C/C.C=C(C(CC)SC)C(CC)SC.C=C(CC)N=C(C)[O-].C=C(SC)SC.CCCCCC.CCCCCCC.CCCc1ccccc1C.COCCOC.CS/C(C)=C(SC)/C(SC)=C(\C)SC.CSCCCSC.CSCCSC.[2H]C([2H])(SC)C([2H])([2H])SC. The molecule has 0 fully saturated rings. The van der Waals surface area contributed by atoms with Gasteiger partial charge in [0.2, 0.25) is 0 Å². The molecule has 0 bridgehead atoms. The van der Waals surface area contributed by atoms with Crippen molar-refractivity contribution in [3.05, 3.63) is 138 Å². The normalized spacial score (nSPS) is 12.2. The highest BCUT2D eigenvalue weighted by Gasteiger charge is 2.16. The third-order valence-corrected chi connectivity index (χ3v) is 24.2. The first kappa shape index (κ1) is 118. The molecule has 2 atom stereocenters. The Labute approximate surface area is 701 Å². The number of hydrogen-bond acceptors (Lipinski definition) is 18. The summed E-state index contributed by atoms with van der Waals surface area (Å²) in [6.45, 7) is 48.5. The molecule has 0 aromatic heterocycles. The van der Waals surface area contributed by atoms with Gasteiger partial charge in [-0.05, 0) is 220 Å². The molecule has 0 heterocycles. The Hall–Kier alpha value is 1.17. The molecule has 0 saturated heterocycles. The van der Waals surface area contributed by atoms with Crippen LogP contribution in [0.25, 0.3) is 0 Å². The number of thioether (sulfide) groups is 14. The molecule has 101 heavy (non-hydrogen) atoms. The third-order valence-electron chi connectivity index (χ3n) is 12.4. The zero-order chi connectivity index (χ0) is 84.2. The summed E-state index contributed by atoms with van der Waals surface area (Å²) in [5.74, 6) is 5.06. The maximum absolute atomic E-state index is 10.2. The Morgan fingerprint density at radius 1 is 0.505 bits per heavy atom. The van der Waals surface area contributed by atoms with Crippen LogP contribution in [0.2, 0.25) is 0 Å². The Bertz CT molecular complexity index is 2030. The zero-order valence-electron chi connectivity index (χ0n) is 75.4. The minimum absolute atomic E-state index is 0.170. The van der Waals surface area contributed by atoms with Crippen molar-refractivity contribution in [2.75, 3.05) is 149 Å². The molecule has 0 spiro atoms. The molecule has 0 aliphatic carbocycles. The summed E-state index contributed by atoms with van der Waals surface area (Å²) in [6, 6.07) is 8.58. The largest absolute Gasteiger partial charge is 0.862 e. The average molecular weight is 1680 g/mol. The molecule has 1 rings (SSSR count). The van der Waals surface area contributed by atoms with Gasteiger partial charge < -0.3 is 14.6 Å². The van der Waals surface area contributed by atoms with Gasteiger partial charge in [-0.2, -0.15) is 94.1 Å². The summed E-state index contributed by atoms with van der Waals surface area (Å²) in [5, 5.41) is 11.5. The maximum Gasteiger partial charge on any atom is 0.0696 e. The number of nitrogens with zero attached hydrogens (tertiary/aromatic N) is 1. The number of allylic oxidation sites excluding steroid dienone is 11. The van der Waals surface area contributed by atoms with Crippen LogP contribution in [-0.2, 0) is 15.9 Å². The first-order valence-electron chi connectivity index (χ1n) is 37.4. The molecular formula is C83H164NO3S14-. The van der Waals surface area contributed by atoms with E-state index >= 15 is 0 Å². The number of ether oxygens (including phenoxy) is 2. The molecule has 0 N–H and O–H groups in total. The molecule has 2 unspecified atom stereocenters. The monoisotopic (exact) mass is 1670 g/mol. The summed E-state index contributed by atoms with van der Waals surface area (Å²) >= 11 is 24.0. The summed E-state index contributed by atoms with van der Waals surface area (Å²) < 4.78 is 39.3. The Balaban J connectivity index is -0.0000000902. The van der Waals surface area contributed by atoms with Gasteiger partial charge in [-0.3, -0.25) is 4.99 Å². The number of aryl methyl sites for hydroxylation is 2. The van der Waals surface area contributed by atoms with Crippen molar-refractivity contribution < 1.29 is 20.1 Å². The van der Waals surface area contributed by atoms with E-state index in [1.54, 1.807) is 50.3 Å². The fourth-order valence-corrected chi connectivity index (χ4v) is 15.3. The van der Waals surface area contributed by atoms with Crippen LogP contribution in [0, 0.1) is 6.92 Å². The van der Waals surface area contributed by atoms with Gasteiger partial charge in [0, 0.05) is 72.9 Å². The van der Waals surface area contributed by atoms with Crippen molar-refractivity contribution in [2.24, 2.45) is 4.99 Å². The van der Waals surface area contributed by atoms with Gasteiger partial charge in [-0.25, -0.2) is 0 Å². The van der Waals surface area contributed by atoms with Crippen molar-refractivity contribution in [3.8, 4) is 0 Å². The van der Waals surface area contributed by atoms with Crippen LogP contribution >= 0.6 is 165 Å². The number of rotatable bonds is 39. The van der Waals surface area contributed by atoms with Gasteiger partial charge in [0.25, 0.3) is 0 Å². The van der Waals surface area contributed by atoms with Gasteiger partial charge in [-0.15, -0.1) is 70.6 Å². The summed E-state index contributed by atoms with van der Waals surface area (Å²) in [5.41, 5.74) is 2.70. The van der Waals surface area contributed by atoms with E-state index in [2.05, 4.69) is 209 Å². The minimum atomic E-state index is -1.80. The minimum Gasteiger partial charge on any atom is -0.862 e. The fourth-order valence-electron chi connectivity index (χ4n) is 6.41. The van der Waals surface area contributed by atoms with Crippen LogP contribution in [0.5, 0.6) is 0 Å². The van der Waals surface area contributed by atoms with Gasteiger partial charge in [0.1, 0.15) is 0 Å². The lowest BCUT2D eigenvalue weighted by Crippen LogP contribution is -2.14. The van der Waals surface area contributed by atoms with Crippen molar-refractivity contribution in [3.63, 3.8) is 0 Å². The summed E-state index contributed by atoms with van der Waals surface area (Å²) in [4.78, 5) is 9.24. The van der Waals surface area contributed by atoms with Crippen LogP contribution in [0.1, 0.15) is 217 Å². The number of hydrogen-bond donors (Lipinski definition) is 0. The lowest BCUT2D eigenvalue weighted by atomic mass is 10.1. The molecule has 0 radical (unpaired) electrons. The van der Waals surface area contributed by atoms with E-state index in [4.69, 9.17) is 5.48 Å². The highest BCUT2D eigenvalue weighted by atomic mass is 32.2. The molecular weight excluding hydrogens is 1510 g/mol. The summed E-state index contributed by atoms with van der Waals surface area (Å²) in [7, 11) is 3.30. The Morgan fingerprint density at radius 2 is 0.881 bits per heavy atom. The standard InChI is InChI=1S/C10H18S4.C10H20S2.C10H14.C7H12.C7H16.C6H11NO.C6H14.C6H10.C5H12S2.C4H10O2.2C4H10S2.C4H8S2/c1-7(11-3)9(13-5)10(14-6)8(2)12-4;1-6-9(11-4)8(3)10(7-2)12-5;1-3-6-10-8-5-4-7-9(10)2;1-4-6-7(3)5-2;1-3-5-7-6-4-2;1-4-5(2)7-6(3)8;2*1-3-5-6-4-2;1-6-4-3-5-7-2;3*1-5-3-4-6-2;1-4(5-2)6-3/h1-6H3;9-10H,3,6-7H2,1-2,4-5H3;4-5,7-8H,3,6H2,1-2H3;4-6H,1-3H3;3-7H2,1-2H3;2,4H2,1,3H3,(H,7,8);3-6H2,1-2H3;3-6H,1-2H3;3-5H2,1-2H3;3*3-4H2,1-2H3;1H2,2-3H3/p-1/b9-7-,10-8-;;;6-4-,7-5-;;;;5-3-,6-4-;;;;;/i;;;;;;;;;;3D2,4D2;;. The fraction of sp³-hybridized carbons (Fsp3) is 0.699. The van der Waals surface area contributed by atoms with Crippen LogP contribution in [0.3, 0.4) is 0 Å². The molecule has 0 aliphatic rings. The van der Waals surface area contributed by atoms with E-state index in [-0.39, 0.29) is 5.90 Å². The second kappa shape index (κ2) is 122. The summed E-state index contributed by atoms with van der Waals surface area (Å²) in [6.07, 6.45) is 62.4. The van der Waals surface area contributed by atoms with Crippen LogP contribution in [-0.4, -0.2) is 166 Å². The predicted molar refractivity (Wildman–Crippen MR) is 524 cm³/mol. The van der Waals surface area contributed by atoms with E-state index in [1.165, 1.54) is 166 Å². The number of aliphatic imine (C=N–C) groups is 1. The molecule has 0 amide bonds. The van der Waals surface area contributed by atoms with Crippen molar-refractivity contribution in [1.29, 1.82) is 0 Å². The van der Waals surface area contributed by atoms with E-state index in [9.17, 15) is 5.11 Å². The lowest BCUT2D eigenvalue weighted by molar-refractivity contribution is -0.215. The van der Waals surface area contributed by atoms with Gasteiger partial charge in [0.05, 0.1) is 13.2 Å². The zero-order valence-corrected chi connectivity index (χ0v) is 82.8. The highest BCUT2D eigenvalue weighted by molar-refractivity contribution is 8.21. The lowest BCUT2D eigenvalue weighted by Gasteiger charge is -2.22. The van der Waals surface area contributed by atoms with Gasteiger partial charge >= 0.3 is 0 Å². The van der Waals surface area contributed by atoms with Gasteiger partial charge in [0.15, 0.2) is 0 Å². The first-order valence-corrected chi connectivity index (χ1v) is 53.3. The van der Waals surface area contributed by atoms with E-state index in [1.807, 2.05) is 195 Å². The molecule has 18 heteroatoms. The van der Waals surface area contributed by atoms with Crippen LogP contribution < -0.4 is 5.11 Å². The number of methoxy groups -OCH3 is 2. The molecule has 0 aliphatic heterocycles. The van der Waals surface area contributed by atoms with Gasteiger partial charge in [-0.1, -0.05) is 217 Å². The van der Waals surface area contributed by atoms with Crippen molar-refractivity contribution in [2.45, 2.75) is 225 Å². The second-order valence-corrected chi connectivity index (χ2v) is 33.7. The van der Waals surface area contributed by atoms with E-state index in [0.717, 1.165) is 29.9 Å². The average Bonchev–Trinajstić information content (AvgIpc) is 0.845. The maximum atomic E-state index is 10.2. The van der Waals surface area contributed by atoms with Crippen LogP contribution in [0.15, 0.2) is 132 Å². The van der Waals surface area contributed by atoms with E-state index in [0.29, 0.717) is 29.4 Å². The molecule has 604 valence electrons. The second-order valence-electron chi connectivity index (χ2n) is 20.7. The Kier molecular flexibility index (Phi) is 143. The van der Waals surface area contributed by atoms with E-state index < -0.39 is 11.4 Å². The molecule has 1 aromatic rings. The number of unbranched alkanes of at least 4 members (excludes halogenated alkanes) is 7. The van der Waals surface area contributed by atoms with Crippen LogP contribution in [0.4, 0.5) is 0 Å². The van der Waals surface area contributed by atoms with Crippen molar-refractivity contribution >= 4 is 171 Å². The Morgan fingerprint density at radius 3 is 1.09 bits per heavy atom. The molecule has 1 aromatic carbocycles. The quantitative estimate of drug-likeness (QED) is 0.0206. The molecule has 0 saturated carbocycles. The number of benzene rings is 1. The smallest absolute Gasteiger partial charge is 0.0696 e.